The third-order valence-corrected chi connectivity index (χ3v) is 6.60. The molecule has 3 N–H and O–H groups in total. The van der Waals surface area contributed by atoms with Crippen LogP contribution in [0.4, 0.5) is 10.5 Å². The molecule has 0 unspecified atom stereocenters. The van der Waals surface area contributed by atoms with E-state index in [4.69, 9.17) is 34.2 Å². The summed E-state index contributed by atoms with van der Waals surface area (Å²) in [5, 5.41) is 2.80. The molecule has 0 bridgehead atoms. The predicted molar refractivity (Wildman–Crippen MR) is 157 cm³/mol. The second kappa shape index (κ2) is 17.2. The maximum Gasteiger partial charge on any atom is 0.407 e. The van der Waals surface area contributed by atoms with Crippen LogP contribution in [0.5, 0.6) is 5.75 Å². The van der Waals surface area contributed by atoms with E-state index in [1.807, 2.05) is 42.5 Å². The van der Waals surface area contributed by atoms with Crippen molar-refractivity contribution in [1.82, 2.24) is 5.32 Å². The third-order valence-electron chi connectivity index (χ3n) is 6.60. The number of nitrogens with one attached hydrogen (secondary N) is 1. The van der Waals surface area contributed by atoms with Crippen LogP contribution in [0.3, 0.4) is 0 Å². The maximum absolute atomic E-state index is 12.2. The Labute approximate surface area is 241 Å². The molecule has 0 heterocycles. The predicted octanol–water partition coefficient (Wildman–Crippen LogP) is 4.64. The molecular formula is C32H40N2O7. The molecule has 0 aliphatic heterocycles. The Hall–Kier alpha value is -3.63. The summed E-state index contributed by atoms with van der Waals surface area (Å²) in [5.41, 5.74) is 11.3. The zero-order valence-electron chi connectivity index (χ0n) is 23.4. The van der Waals surface area contributed by atoms with Gasteiger partial charge in [0.1, 0.15) is 19.0 Å². The minimum absolute atomic E-state index is 0.0566. The van der Waals surface area contributed by atoms with Gasteiger partial charge in [0, 0.05) is 19.1 Å². The van der Waals surface area contributed by atoms with Crippen LogP contribution < -0.4 is 15.8 Å². The number of hydrogen-bond donors (Lipinski definition) is 2. The van der Waals surface area contributed by atoms with Crippen molar-refractivity contribution in [2.75, 3.05) is 78.3 Å². The summed E-state index contributed by atoms with van der Waals surface area (Å²) >= 11 is 0. The van der Waals surface area contributed by atoms with Crippen LogP contribution >= 0.6 is 0 Å². The minimum Gasteiger partial charge on any atom is -0.489 e. The fourth-order valence-corrected chi connectivity index (χ4v) is 4.60. The number of amides is 1. The van der Waals surface area contributed by atoms with Crippen LogP contribution in [0.1, 0.15) is 23.5 Å². The van der Waals surface area contributed by atoms with Crippen LogP contribution in [-0.2, 0) is 23.7 Å². The zero-order valence-corrected chi connectivity index (χ0v) is 23.4. The number of alkyl carbamates (subject to hydrolysis) is 1. The van der Waals surface area contributed by atoms with Gasteiger partial charge in [0.25, 0.3) is 0 Å². The third kappa shape index (κ3) is 9.75. The summed E-state index contributed by atoms with van der Waals surface area (Å²) in [6, 6.07) is 23.9. The van der Waals surface area contributed by atoms with Gasteiger partial charge in [0.05, 0.1) is 51.9 Å². The Balaban J connectivity index is 0.918. The second-order valence-corrected chi connectivity index (χ2v) is 9.44. The van der Waals surface area contributed by atoms with Gasteiger partial charge in [-0.2, -0.15) is 0 Å². The Bertz CT molecular complexity index is 1160. The van der Waals surface area contributed by atoms with Crippen molar-refractivity contribution in [3.05, 3.63) is 83.9 Å². The summed E-state index contributed by atoms with van der Waals surface area (Å²) in [7, 11) is 0. The SMILES string of the molecule is Nc1ccccc1OCCOCCOCCOCCOCCCNC(=O)OCC1c2ccccc2-c2ccccc21. The van der Waals surface area contributed by atoms with Gasteiger partial charge in [-0.15, -0.1) is 0 Å². The zero-order chi connectivity index (χ0) is 28.5. The van der Waals surface area contributed by atoms with Gasteiger partial charge in [0.15, 0.2) is 0 Å². The van der Waals surface area contributed by atoms with E-state index in [9.17, 15) is 4.79 Å². The number of nitrogens with two attached hydrogens (primary N) is 1. The molecule has 0 spiro atoms. The van der Waals surface area contributed by atoms with E-state index in [0.29, 0.717) is 90.5 Å². The maximum atomic E-state index is 12.2. The fourth-order valence-electron chi connectivity index (χ4n) is 4.60. The minimum atomic E-state index is -0.411. The molecule has 1 aliphatic carbocycles. The summed E-state index contributed by atoms with van der Waals surface area (Å²) in [5.74, 6) is 0.722. The molecule has 9 nitrogen and oxygen atoms in total. The first-order valence-electron chi connectivity index (χ1n) is 14.1. The molecular weight excluding hydrogens is 524 g/mol. The number of benzene rings is 3. The first-order chi connectivity index (χ1) is 20.2. The molecule has 1 aliphatic rings. The van der Waals surface area contributed by atoms with Gasteiger partial charge in [-0.3, -0.25) is 0 Å². The molecule has 3 aromatic rings. The lowest BCUT2D eigenvalue weighted by Gasteiger charge is -2.14. The number of hydrogen-bond acceptors (Lipinski definition) is 8. The van der Waals surface area contributed by atoms with E-state index < -0.39 is 6.09 Å². The highest BCUT2D eigenvalue weighted by atomic mass is 16.6. The van der Waals surface area contributed by atoms with Crippen molar-refractivity contribution in [1.29, 1.82) is 0 Å². The molecule has 0 saturated carbocycles. The van der Waals surface area contributed by atoms with Crippen LogP contribution in [0, 0.1) is 0 Å². The Morgan fingerprint density at radius 2 is 1.17 bits per heavy atom. The summed E-state index contributed by atoms with van der Waals surface area (Å²) in [4.78, 5) is 12.2. The van der Waals surface area contributed by atoms with E-state index in [-0.39, 0.29) is 5.92 Å². The number of fused-ring (bicyclic) bond motifs is 3. The van der Waals surface area contributed by atoms with Gasteiger partial charge in [-0.05, 0) is 40.8 Å². The second-order valence-electron chi connectivity index (χ2n) is 9.44. The number of carbonyl (C=O) groups is 1. The molecule has 0 fully saturated rings. The van der Waals surface area contributed by atoms with E-state index in [0.717, 1.165) is 0 Å². The topological polar surface area (TPSA) is 111 Å². The van der Waals surface area contributed by atoms with Gasteiger partial charge in [-0.1, -0.05) is 60.7 Å². The molecule has 41 heavy (non-hydrogen) atoms. The van der Waals surface area contributed by atoms with Crippen LogP contribution in [0.25, 0.3) is 11.1 Å². The standard InChI is InChI=1S/C32H40N2O7/c33-30-12-5-6-13-31(30)40-23-22-39-21-20-38-19-18-37-17-16-36-15-7-14-34-32(35)41-24-29-27-10-3-1-8-25(27)26-9-2-4-11-28(26)29/h1-6,8-13,29H,7,14-24,33H2,(H,34,35). The van der Waals surface area contributed by atoms with Crippen molar-refractivity contribution in [3.63, 3.8) is 0 Å². The fraction of sp³-hybridized carbons (Fsp3) is 0.406. The average molecular weight is 565 g/mol. The molecule has 220 valence electrons. The van der Waals surface area contributed by atoms with Gasteiger partial charge in [0.2, 0.25) is 0 Å². The normalized spacial score (nSPS) is 12.1. The quantitative estimate of drug-likeness (QED) is 0.160. The smallest absolute Gasteiger partial charge is 0.407 e. The number of ether oxygens (including phenoxy) is 6. The van der Waals surface area contributed by atoms with Crippen LogP contribution in [-0.4, -0.2) is 78.7 Å². The van der Waals surface area contributed by atoms with Crippen molar-refractivity contribution in [3.8, 4) is 16.9 Å². The van der Waals surface area contributed by atoms with Gasteiger partial charge >= 0.3 is 6.09 Å². The highest BCUT2D eigenvalue weighted by Gasteiger charge is 2.28. The van der Waals surface area contributed by atoms with Crippen molar-refractivity contribution >= 4 is 11.8 Å². The molecule has 0 saturated heterocycles. The number of rotatable bonds is 19. The first-order valence-corrected chi connectivity index (χ1v) is 14.1. The highest BCUT2D eigenvalue weighted by molar-refractivity contribution is 5.79. The average Bonchev–Trinajstić information content (AvgIpc) is 3.32. The van der Waals surface area contributed by atoms with E-state index in [1.165, 1.54) is 22.3 Å². The van der Waals surface area contributed by atoms with Crippen molar-refractivity contribution in [2.45, 2.75) is 12.3 Å². The molecule has 0 radical (unpaired) electrons. The monoisotopic (exact) mass is 564 g/mol. The lowest BCUT2D eigenvalue weighted by Crippen LogP contribution is -2.27. The molecule has 3 aromatic carbocycles. The molecule has 4 rings (SSSR count). The summed E-state index contributed by atoms with van der Waals surface area (Å²) in [6.07, 6.45) is 0.281. The van der Waals surface area contributed by atoms with Gasteiger partial charge in [-0.25, -0.2) is 4.79 Å². The molecule has 1 amide bonds. The Morgan fingerprint density at radius 3 is 1.78 bits per heavy atom. The van der Waals surface area contributed by atoms with E-state index in [2.05, 4.69) is 29.6 Å². The number of anilines is 1. The lowest BCUT2D eigenvalue weighted by atomic mass is 9.98. The number of carbonyl (C=O) groups excluding carboxylic acids is 1. The van der Waals surface area contributed by atoms with Gasteiger partial charge < -0.3 is 39.5 Å². The number of para-hydroxylation sites is 2. The lowest BCUT2D eigenvalue weighted by molar-refractivity contribution is -0.00470. The number of nitrogen functional groups attached to an aromatic ring is 1. The molecule has 0 aromatic heterocycles. The van der Waals surface area contributed by atoms with E-state index >= 15 is 0 Å². The highest BCUT2D eigenvalue weighted by Crippen LogP contribution is 2.44. The first kappa shape index (κ1) is 30.3. The van der Waals surface area contributed by atoms with Crippen molar-refractivity contribution in [2.24, 2.45) is 0 Å². The summed E-state index contributed by atoms with van der Waals surface area (Å²) < 4.78 is 33.1. The largest absolute Gasteiger partial charge is 0.489 e. The summed E-state index contributed by atoms with van der Waals surface area (Å²) in [6.45, 7) is 5.15. The van der Waals surface area contributed by atoms with Crippen LogP contribution in [0.2, 0.25) is 0 Å². The van der Waals surface area contributed by atoms with E-state index in [1.54, 1.807) is 6.07 Å². The Morgan fingerprint density at radius 1 is 0.659 bits per heavy atom. The molecule has 0 atom stereocenters. The molecule has 9 heteroatoms. The van der Waals surface area contributed by atoms with Crippen LogP contribution in [0.15, 0.2) is 72.8 Å². The Kier molecular flexibility index (Phi) is 12.8. The van der Waals surface area contributed by atoms with Crippen molar-refractivity contribution < 1.29 is 33.2 Å².